The van der Waals surface area contributed by atoms with Gasteiger partial charge < -0.3 is 10.4 Å². The van der Waals surface area contributed by atoms with Crippen LogP contribution in [-0.2, 0) is 26.0 Å². The quantitative estimate of drug-likeness (QED) is 0.503. The smallest absolute Gasteiger partial charge is 0.330 e. The molecule has 10 heteroatoms. The van der Waals surface area contributed by atoms with Crippen molar-refractivity contribution in [2.45, 2.75) is 17.4 Å². The first-order valence-corrected chi connectivity index (χ1v) is 10.8. The molecule has 0 saturated heterocycles. The van der Waals surface area contributed by atoms with E-state index in [-0.39, 0.29) is 16.4 Å². The number of aromatic nitrogens is 1. The molecule has 3 N–H and O–H groups in total. The first kappa shape index (κ1) is 20.5. The molecule has 3 rings (SSSR count). The number of carboxylic acid groups (broad SMARTS) is 1. The average Bonchev–Trinajstić information content (AvgIpc) is 3.13. The molecular weight excluding hydrogens is 414 g/mol. The Bertz CT molecular complexity index is 1100. The van der Waals surface area contributed by atoms with E-state index in [1.807, 2.05) is 0 Å². The number of thiazole rings is 1. The fraction of sp³-hybridized carbons (Fsp3) is 0.105. The largest absolute Gasteiger partial charge is 0.479 e. The summed E-state index contributed by atoms with van der Waals surface area (Å²) in [6.45, 7) is 0. The van der Waals surface area contributed by atoms with Gasteiger partial charge in [0.15, 0.2) is 11.2 Å². The Labute approximate surface area is 171 Å². The van der Waals surface area contributed by atoms with E-state index in [2.05, 4.69) is 15.0 Å². The topological polar surface area (TPSA) is 125 Å². The first-order valence-electron chi connectivity index (χ1n) is 8.44. The monoisotopic (exact) mass is 431 g/mol. The highest BCUT2D eigenvalue weighted by Crippen LogP contribution is 2.21. The van der Waals surface area contributed by atoms with Crippen LogP contribution in [0.2, 0.25) is 0 Å². The summed E-state index contributed by atoms with van der Waals surface area (Å²) >= 11 is 1.04. The normalized spacial score (nSPS) is 12.1. The summed E-state index contributed by atoms with van der Waals surface area (Å²) in [6, 6.07) is 15.0. The van der Waals surface area contributed by atoms with E-state index >= 15 is 0 Å². The third kappa shape index (κ3) is 5.39. The van der Waals surface area contributed by atoms with Crippen molar-refractivity contribution >= 4 is 38.4 Å². The Morgan fingerprint density at radius 2 is 1.66 bits per heavy atom. The number of carbonyl (C=O) groups is 2. The number of anilines is 1. The summed E-state index contributed by atoms with van der Waals surface area (Å²) < 4.78 is 27.0. The minimum atomic E-state index is -3.78. The number of amides is 1. The van der Waals surface area contributed by atoms with Crippen molar-refractivity contribution in [3.05, 3.63) is 77.3 Å². The molecule has 1 unspecified atom stereocenters. The van der Waals surface area contributed by atoms with Crippen molar-refractivity contribution < 1.29 is 23.1 Å². The summed E-state index contributed by atoms with van der Waals surface area (Å²) in [7, 11) is -3.78. The Morgan fingerprint density at radius 3 is 2.28 bits per heavy atom. The summed E-state index contributed by atoms with van der Waals surface area (Å²) in [5.74, 6) is -1.72. The molecule has 1 heterocycles. The van der Waals surface area contributed by atoms with Crippen LogP contribution in [0.3, 0.4) is 0 Å². The second-order valence-electron chi connectivity index (χ2n) is 5.99. The third-order valence-electron chi connectivity index (χ3n) is 3.85. The predicted octanol–water partition coefficient (Wildman–Crippen LogP) is 2.43. The molecule has 150 valence electrons. The van der Waals surface area contributed by atoms with Crippen molar-refractivity contribution in [2.24, 2.45) is 0 Å². The van der Waals surface area contributed by atoms with Gasteiger partial charge in [-0.3, -0.25) is 9.52 Å². The highest BCUT2D eigenvalue weighted by molar-refractivity contribution is 7.93. The number of hydrogen-bond donors (Lipinski definition) is 3. The number of hydrogen-bond acceptors (Lipinski definition) is 6. The van der Waals surface area contributed by atoms with Gasteiger partial charge in [0.05, 0.1) is 17.0 Å². The average molecular weight is 431 g/mol. The van der Waals surface area contributed by atoms with Crippen LogP contribution < -0.4 is 10.0 Å². The van der Waals surface area contributed by atoms with Crippen LogP contribution in [0.15, 0.2) is 70.9 Å². The van der Waals surface area contributed by atoms with Gasteiger partial charge in [0.2, 0.25) is 5.91 Å². The zero-order valence-electron chi connectivity index (χ0n) is 15.0. The molecule has 8 nitrogen and oxygen atoms in total. The van der Waals surface area contributed by atoms with Gasteiger partial charge >= 0.3 is 5.97 Å². The van der Waals surface area contributed by atoms with E-state index in [9.17, 15) is 23.1 Å². The molecule has 0 aliphatic heterocycles. The molecule has 1 aromatic heterocycles. The van der Waals surface area contributed by atoms with Crippen molar-refractivity contribution in [1.29, 1.82) is 0 Å². The van der Waals surface area contributed by atoms with Gasteiger partial charge in [0, 0.05) is 5.38 Å². The lowest BCUT2D eigenvalue weighted by atomic mass is 10.1. The van der Waals surface area contributed by atoms with Crippen molar-refractivity contribution in [3.8, 4) is 0 Å². The summed E-state index contributed by atoms with van der Waals surface area (Å²) in [5.41, 5.74) is 0.776. The minimum absolute atomic E-state index is 0.0988. The standard InChI is InChI=1S/C19H17N3O5S2/c23-16(21-17(18(24)25)13-7-3-1-4-8-13)11-14-12-28-19(20-14)22-29(26,27)15-9-5-2-6-10-15/h1-10,12,17H,11H2,(H,20,22)(H,21,23)(H,24,25). The van der Waals surface area contributed by atoms with Gasteiger partial charge in [0.25, 0.3) is 10.0 Å². The van der Waals surface area contributed by atoms with Crippen LogP contribution in [0.5, 0.6) is 0 Å². The van der Waals surface area contributed by atoms with Gasteiger partial charge in [-0.05, 0) is 17.7 Å². The molecular formula is C19H17N3O5S2. The van der Waals surface area contributed by atoms with Crippen molar-refractivity contribution in [1.82, 2.24) is 10.3 Å². The molecule has 0 radical (unpaired) electrons. The Morgan fingerprint density at radius 1 is 1.03 bits per heavy atom. The van der Waals surface area contributed by atoms with E-state index in [1.165, 1.54) is 12.1 Å². The van der Waals surface area contributed by atoms with Crippen molar-refractivity contribution in [3.63, 3.8) is 0 Å². The Balaban J connectivity index is 1.65. The van der Waals surface area contributed by atoms with Gasteiger partial charge in [-0.1, -0.05) is 48.5 Å². The minimum Gasteiger partial charge on any atom is -0.479 e. The molecule has 29 heavy (non-hydrogen) atoms. The number of carbonyl (C=O) groups excluding carboxylic acids is 1. The van der Waals surface area contributed by atoms with Gasteiger partial charge in [-0.15, -0.1) is 11.3 Å². The van der Waals surface area contributed by atoms with Crippen LogP contribution in [-0.4, -0.2) is 30.4 Å². The number of rotatable bonds is 8. The van der Waals surface area contributed by atoms with Crippen LogP contribution in [0.25, 0.3) is 0 Å². The molecule has 0 saturated carbocycles. The number of sulfonamides is 1. The summed E-state index contributed by atoms with van der Waals surface area (Å²) in [4.78, 5) is 28.0. The number of aliphatic carboxylic acids is 1. The Kier molecular flexibility index (Phi) is 6.25. The van der Waals surface area contributed by atoms with E-state index < -0.39 is 27.9 Å². The third-order valence-corrected chi connectivity index (χ3v) is 6.14. The molecule has 0 aliphatic rings. The van der Waals surface area contributed by atoms with E-state index in [0.29, 0.717) is 11.3 Å². The second-order valence-corrected chi connectivity index (χ2v) is 8.53. The lowest BCUT2D eigenvalue weighted by Crippen LogP contribution is -2.34. The first-order chi connectivity index (χ1) is 13.8. The molecule has 0 aliphatic carbocycles. The van der Waals surface area contributed by atoms with Gasteiger partial charge in [0.1, 0.15) is 0 Å². The number of benzene rings is 2. The van der Waals surface area contributed by atoms with E-state index in [1.54, 1.807) is 53.9 Å². The van der Waals surface area contributed by atoms with Gasteiger partial charge in [-0.25, -0.2) is 18.2 Å². The Hall–Kier alpha value is -3.24. The molecule has 2 aromatic carbocycles. The predicted molar refractivity (Wildman–Crippen MR) is 108 cm³/mol. The fourth-order valence-corrected chi connectivity index (χ4v) is 4.50. The van der Waals surface area contributed by atoms with Crippen LogP contribution in [0.4, 0.5) is 5.13 Å². The lowest BCUT2D eigenvalue weighted by Gasteiger charge is -2.14. The molecule has 0 bridgehead atoms. The van der Waals surface area contributed by atoms with E-state index in [0.717, 1.165) is 11.3 Å². The molecule has 0 fully saturated rings. The molecule has 1 atom stereocenters. The number of nitrogens with one attached hydrogen (secondary N) is 2. The van der Waals surface area contributed by atoms with Crippen molar-refractivity contribution in [2.75, 3.05) is 4.72 Å². The van der Waals surface area contributed by atoms with Crippen LogP contribution in [0, 0.1) is 0 Å². The van der Waals surface area contributed by atoms with Crippen LogP contribution >= 0.6 is 11.3 Å². The molecule has 0 spiro atoms. The molecule has 3 aromatic rings. The fourth-order valence-electron chi connectivity index (χ4n) is 2.52. The zero-order chi connectivity index (χ0) is 20.9. The lowest BCUT2D eigenvalue weighted by molar-refractivity contribution is -0.142. The highest BCUT2D eigenvalue weighted by Gasteiger charge is 2.22. The van der Waals surface area contributed by atoms with Gasteiger partial charge in [-0.2, -0.15) is 0 Å². The summed E-state index contributed by atoms with van der Waals surface area (Å²) in [6.07, 6.45) is -0.180. The SMILES string of the molecule is O=C(Cc1csc(NS(=O)(=O)c2ccccc2)n1)NC(C(=O)O)c1ccccc1. The maximum absolute atomic E-state index is 12.3. The van der Waals surface area contributed by atoms with Crippen LogP contribution in [0.1, 0.15) is 17.3 Å². The highest BCUT2D eigenvalue weighted by atomic mass is 32.2. The van der Waals surface area contributed by atoms with E-state index in [4.69, 9.17) is 0 Å². The second kappa shape index (κ2) is 8.84. The number of nitrogens with zero attached hydrogens (tertiary/aromatic N) is 1. The molecule has 1 amide bonds. The number of carboxylic acids is 1. The maximum Gasteiger partial charge on any atom is 0.330 e. The summed E-state index contributed by atoms with van der Waals surface area (Å²) in [5, 5.41) is 13.5. The maximum atomic E-state index is 12.3. The zero-order valence-corrected chi connectivity index (χ0v) is 16.6.